The summed E-state index contributed by atoms with van der Waals surface area (Å²) in [6.07, 6.45) is 8.63. The molecule has 1 heterocycles. The first-order valence-electron chi connectivity index (χ1n) is 8.70. The highest BCUT2D eigenvalue weighted by Crippen LogP contribution is 2.27. The van der Waals surface area contributed by atoms with E-state index in [9.17, 15) is 4.79 Å². The van der Waals surface area contributed by atoms with E-state index in [1.54, 1.807) is 11.7 Å². The first-order valence-corrected chi connectivity index (χ1v) is 8.70. The zero-order valence-corrected chi connectivity index (χ0v) is 15.7. The Balaban J connectivity index is 2.42. The van der Waals surface area contributed by atoms with Gasteiger partial charge in [-0.1, -0.05) is 32.1 Å². The zero-order chi connectivity index (χ0) is 18.4. The third kappa shape index (κ3) is 4.60. The van der Waals surface area contributed by atoms with E-state index in [1.807, 2.05) is 50.6 Å². The Hall–Kier alpha value is -2.33. The summed E-state index contributed by atoms with van der Waals surface area (Å²) in [6, 6.07) is 5.82. The maximum absolute atomic E-state index is 12.8. The van der Waals surface area contributed by atoms with Gasteiger partial charge in [-0.25, -0.2) is 0 Å². The molecule has 0 radical (unpaired) electrons. The molecule has 1 aromatic carbocycles. The largest absolute Gasteiger partial charge is 0.497 e. The number of carbonyl (C=O) groups is 1. The van der Waals surface area contributed by atoms with Crippen LogP contribution in [0.1, 0.15) is 30.1 Å². The molecule has 2 aromatic rings. The normalized spacial score (nSPS) is 11.6. The molecular formula is C21H28N2O2. The molecule has 25 heavy (non-hydrogen) atoms. The highest BCUT2D eigenvalue weighted by molar-refractivity contribution is 6.04. The molecule has 0 saturated carbocycles. The minimum absolute atomic E-state index is 0.0846. The number of likely N-dealkylation sites (N-methyl/N-ethyl adjacent to an activating group) is 1. The first kappa shape index (κ1) is 19.0. The fraction of sp³-hybridized carbons (Fsp3) is 0.381. The molecule has 4 nitrogen and oxygen atoms in total. The number of allylic oxidation sites excluding steroid dienone is 3. The molecule has 0 amide bonds. The molecule has 0 saturated heterocycles. The van der Waals surface area contributed by atoms with Gasteiger partial charge in [-0.3, -0.25) is 9.36 Å². The molecule has 2 rings (SSSR count). The summed E-state index contributed by atoms with van der Waals surface area (Å²) in [5.74, 6) is 0.712. The molecule has 0 N–H and O–H groups in total. The Bertz CT molecular complexity index is 785. The standard InChI is InChI=1S/C21H28N2O2/c1-6-7-8-9-16(2)21(24)23-15-17(12-13-22(3)4)19-14-18(25-5)10-11-20(19)23/h8-11,14-15H,2,6-7,12-13H2,1,3-5H3/b9-8-. The van der Waals surface area contributed by atoms with E-state index >= 15 is 0 Å². The molecule has 1 aromatic heterocycles. The fourth-order valence-corrected chi connectivity index (χ4v) is 2.73. The van der Waals surface area contributed by atoms with E-state index in [-0.39, 0.29) is 5.91 Å². The van der Waals surface area contributed by atoms with Crippen molar-refractivity contribution < 1.29 is 9.53 Å². The Morgan fingerprint density at radius 2 is 2.12 bits per heavy atom. The zero-order valence-electron chi connectivity index (χ0n) is 15.7. The van der Waals surface area contributed by atoms with Crippen molar-refractivity contribution in [3.63, 3.8) is 0 Å². The smallest absolute Gasteiger partial charge is 0.261 e. The van der Waals surface area contributed by atoms with E-state index in [0.29, 0.717) is 5.57 Å². The first-order chi connectivity index (χ1) is 12.0. The molecule has 4 heteroatoms. The second kappa shape index (κ2) is 8.67. The van der Waals surface area contributed by atoms with Crippen LogP contribution in [0.15, 0.2) is 48.7 Å². The monoisotopic (exact) mass is 340 g/mol. The molecule has 134 valence electrons. The number of benzene rings is 1. The summed E-state index contributed by atoms with van der Waals surface area (Å²) in [7, 11) is 5.75. The van der Waals surface area contributed by atoms with Crippen LogP contribution in [-0.2, 0) is 6.42 Å². The van der Waals surface area contributed by atoms with Crippen molar-refractivity contribution in [3.8, 4) is 5.75 Å². The van der Waals surface area contributed by atoms with Crippen LogP contribution in [0.3, 0.4) is 0 Å². The number of hydrogen-bond donors (Lipinski definition) is 0. The quantitative estimate of drug-likeness (QED) is 0.530. The highest BCUT2D eigenvalue weighted by Gasteiger charge is 2.15. The van der Waals surface area contributed by atoms with Crippen molar-refractivity contribution in [1.82, 2.24) is 9.47 Å². The lowest BCUT2D eigenvalue weighted by molar-refractivity contribution is 0.0964. The lowest BCUT2D eigenvalue weighted by Crippen LogP contribution is -2.15. The number of unbranched alkanes of at least 4 members (excludes halogenated alkanes) is 1. The second-order valence-electron chi connectivity index (χ2n) is 6.48. The average Bonchev–Trinajstić information content (AvgIpc) is 2.97. The number of hydrogen-bond acceptors (Lipinski definition) is 3. The van der Waals surface area contributed by atoms with Crippen molar-refractivity contribution in [2.24, 2.45) is 0 Å². The SMILES string of the molecule is C=C(/C=C\CCC)C(=O)n1cc(CCN(C)C)c2cc(OC)ccc21. The van der Waals surface area contributed by atoms with Crippen LogP contribution in [0.2, 0.25) is 0 Å². The Morgan fingerprint density at radius 1 is 1.36 bits per heavy atom. The van der Waals surface area contributed by atoms with Gasteiger partial charge in [0, 0.05) is 23.7 Å². The number of ether oxygens (including phenoxy) is 1. The van der Waals surface area contributed by atoms with Crippen molar-refractivity contribution in [2.75, 3.05) is 27.7 Å². The maximum Gasteiger partial charge on any atom is 0.261 e. The van der Waals surface area contributed by atoms with Gasteiger partial charge < -0.3 is 9.64 Å². The molecule has 0 aliphatic rings. The number of carbonyl (C=O) groups excluding carboxylic acids is 1. The van der Waals surface area contributed by atoms with Crippen LogP contribution in [0.4, 0.5) is 0 Å². The number of methoxy groups -OCH3 is 1. The average molecular weight is 340 g/mol. The van der Waals surface area contributed by atoms with Crippen molar-refractivity contribution in [3.05, 3.63) is 54.3 Å². The molecule has 0 aliphatic heterocycles. The minimum Gasteiger partial charge on any atom is -0.497 e. The van der Waals surface area contributed by atoms with E-state index in [1.165, 1.54) is 0 Å². The van der Waals surface area contributed by atoms with Gasteiger partial charge in [-0.2, -0.15) is 0 Å². The Labute approximate surface area is 150 Å². The Morgan fingerprint density at radius 3 is 2.76 bits per heavy atom. The summed E-state index contributed by atoms with van der Waals surface area (Å²) in [5, 5.41) is 1.06. The van der Waals surface area contributed by atoms with Crippen LogP contribution >= 0.6 is 0 Å². The minimum atomic E-state index is -0.0846. The van der Waals surface area contributed by atoms with Gasteiger partial charge in [-0.05, 0) is 50.7 Å². The van der Waals surface area contributed by atoms with Gasteiger partial charge in [0.2, 0.25) is 0 Å². The van der Waals surface area contributed by atoms with Gasteiger partial charge in [0.05, 0.1) is 12.6 Å². The topological polar surface area (TPSA) is 34.5 Å². The van der Waals surface area contributed by atoms with Crippen molar-refractivity contribution in [1.29, 1.82) is 0 Å². The Kier molecular flexibility index (Phi) is 6.59. The van der Waals surface area contributed by atoms with Crippen molar-refractivity contribution >= 4 is 16.8 Å². The molecule has 0 bridgehead atoms. The summed E-state index contributed by atoms with van der Waals surface area (Å²) < 4.78 is 7.06. The summed E-state index contributed by atoms with van der Waals surface area (Å²) >= 11 is 0. The fourth-order valence-electron chi connectivity index (χ4n) is 2.73. The summed E-state index contributed by atoms with van der Waals surface area (Å²) in [6.45, 7) is 6.97. The molecule has 0 aliphatic carbocycles. The lowest BCUT2D eigenvalue weighted by atomic mass is 10.1. The number of aromatic nitrogens is 1. The summed E-state index contributed by atoms with van der Waals surface area (Å²) in [5.41, 5.74) is 2.53. The van der Waals surface area contributed by atoms with E-state index < -0.39 is 0 Å². The van der Waals surface area contributed by atoms with Crippen LogP contribution in [0.25, 0.3) is 10.9 Å². The van der Waals surface area contributed by atoms with Crippen LogP contribution in [-0.4, -0.2) is 43.1 Å². The third-order valence-electron chi connectivity index (χ3n) is 4.19. The lowest BCUT2D eigenvalue weighted by Gasteiger charge is -2.08. The number of fused-ring (bicyclic) bond motifs is 1. The van der Waals surface area contributed by atoms with Crippen molar-refractivity contribution in [2.45, 2.75) is 26.2 Å². The van der Waals surface area contributed by atoms with Gasteiger partial charge >= 0.3 is 0 Å². The molecule has 0 fully saturated rings. The number of nitrogens with zero attached hydrogens (tertiary/aromatic N) is 2. The van der Waals surface area contributed by atoms with Crippen LogP contribution in [0, 0.1) is 0 Å². The predicted molar refractivity (Wildman–Crippen MR) is 105 cm³/mol. The number of rotatable bonds is 8. The maximum atomic E-state index is 12.8. The van der Waals surface area contributed by atoms with Gasteiger partial charge in [0.25, 0.3) is 5.91 Å². The molecule has 0 unspecified atom stereocenters. The van der Waals surface area contributed by atoms with E-state index in [2.05, 4.69) is 18.4 Å². The van der Waals surface area contributed by atoms with Gasteiger partial charge in [-0.15, -0.1) is 0 Å². The molecular weight excluding hydrogens is 312 g/mol. The summed E-state index contributed by atoms with van der Waals surface area (Å²) in [4.78, 5) is 15.0. The highest BCUT2D eigenvalue weighted by atomic mass is 16.5. The van der Waals surface area contributed by atoms with E-state index in [0.717, 1.165) is 48.0 Å². The third-order valence-corrected chi connectivity index (χ3v) is 4.19. The van der Waals surface area contributed by atoms with Gasteiger partial charge in [0.15, 0.2) is 0 Å². The van der Waals surface area contributed by atoms with E-state index in [4.69, 9.17) is 4.74 Å². The van der Waals surface area contributed by atoms with Crippen LogP contribution in [0.5, 0.6) is 5.75 Å². The second-order valence-corrected chi connectivity index (χ2v) is 6.48. The van der Waals surface area contributed by atoms with Crippen LogP contribution < -0.4 is 4.74 Å². The predicted octanol–water partition coefficient (Wildman–Crippen LogP) is 4.31. The molecule has 0 atom stereocenters. The molecule has 0 spiro atoms. The van der Waals surface area contributed by atoms with Gasteiger partial charge in [0.1, 0.15) is 5.75 Å².